The molecule has 1 heterocycles. The minimum atomic E-state index is -0.883. The summed E-state index contributed by atoms with van der Waals surface area (Å²) >= 11 is 3.01. The molecule has 1 atom stereocenters. The molecule has 0 aliphatic heterocycles. The van der Waals surface area contributed by atoms with E-state index in [-0.39, 0.29) is 10.0 Å². The fourth-order valence-corrected chi connectivity index (χ4v) is 2.05. The lowest BCUT2D eigenvalue weighted by Gasteiger charge is -2.14. The van der Waals surface area contributed by atoms with Crippen molar-refractivity contribution in [2.45, 2.75) is 13.0 Å². The Morgan fingerprint density at radius 2 is 2.00 bits per heavy atom. The molecule has 2 N–H and O–H groups in total. The Bertz CT molecular complexity index is 553. The summed E-state index contributed by atoms with van der Waals surface area (Å²) in [6.07, 6.45) is 1.44. The molecular formula is C12H10BrF2NO. The van der Waals surface area contributed by atoms with Crippen molar-refractivity contribution < 1.29 is 13.2 Å². The minimum absolute atomic E-state index is 0.163. The number of benzene rings is 1. The molecule has 2 nitrogen and oxygen atoms in total. The molecular weight excluding hydrogens is 292 g/mol. The van der Waals surface area contributed by atoms with Gasteiger partial charge in [-0.2, -0.15) is 0 Å². The van der Waals surface area contributed by atoms with Crippen molar-refractivity contribution >= 4 is 15.9 Å². The van der Waals surface area contributed by atoms with E-state index in [0.717, 1.165) is 0 Å². The molecule has 0 bridgehead atoms. The lowest BCUT2D eigenvalue weighted by Crippen LogP contribution is -2.16. The third-order valence-corrected chi connectivity index (χ3v) is 3.24. The molecule has 0 aliphatic rings. The summed E-state index contributed by atoms with van der Waals surface area (Å²) in [5, 5.41) is 0. The molecule has 90 valence electrons. The van der Waals surface area contributed by atoms with Crippen LogP contribution in [0.3, 0.4) is 0 Å². The van der Waals surface area contributed by atoms with Gasteiger partial charge in [-0.25, -0.2) is 8.78 Å². The summed E-state index contributed by atoms with van der Waals surface area (Å²) in [5.41, 5.74) is 6.28. The second-order valence-electron chi connectivity index (χ2n) is 3.67. The maximum absolute atomic E-state index is 13.8. The van der Waals surface area contributed by atoms with Crippen molar-refractivity contribution in [3.05, 3.63) is 57.5 Å². The number of rotatable bonds is 2. The Morgan fingerprint density at radius 1 is 1.29 bits per heavy atom. The smallest absolute Gasteiger partial charge is 0.145 e. The van der Waals surface area contributed by atoms with E-state index in [2.05, 4.69) is 15.9 Å². The summed E-state index contributed by atoms with van der Waals surface area (Å²) in [7, 11) is 0. The summed E-state index contributed by atoms with van der Waals surface area (Å²) in [6.45, 7) is 1.70. The number of hydrogen-bond acceptors (Lipinski definition) is 2. The number of halogens is 3. The Labute approximate surface area is 106 Å². The van der Waals surface area contributed by atoms with Gasteiger partial charge in [0.05, 0.1) is 16.8 Å². The zero-order valence-electron chi connectivity index (χ0n) is 9.01. The van der Waals surface area contributed by atoms with Gasteiger partial charge in [-0.15, -0.1) is 0 Å². The first-order chi connectivity index (χ1) is 8.02. The molecule has 5 heteroatoms. The third kappa shape index (κ3) is 2.12. The fourth-order valence-electron chi connectivity index (χ4n) is 1.70. The number of nitrogens with two attached hydrogens (primary N) is 1. The molecule has 0 amide bonds. The topological polar surface area (TPSA) is 39.2 Å². The molecule has 0 saturated carbocycles. The van der Waals surface area contributed by atoms with E-state index in [4.69, 9.17) is 10.2 Å². The SMILES string of the molecule is Cc1occc1C(N)c1c(F)ccc(Br)c1F. The van der Waals surface area contributed by atoms with Crippen LogP contribution in [0.15, 0.2) is 33.4 Å². The molecule has 0 radical (unpaired) electrons. The Kier molecular flexibility index (Phi) is 3.31. The molecule has 0 saturated heterocycles. The summed E-state index contributed by atoms with van der Waals surface area (Å²) in [5.74, 6) is -0.798. The first-order valence-electron chi connectivity index (χ1n) is 4.95. The molecule has 1 unspecified atom stereocenters. The van der Waals surface area contributed by atoms with Crippen molar-refractivity contribution in [1.82, 2.24) is 0 Å². The van der Waals surface area contributed by atoms with Crippen LogP contribution in [-0.2, 0) is 0 Å². The minimum Gasteiger partial charge on any atom is -0.469 e. The second-order valence-corrected chi connectivity index (χ2v) is 4.52. The van der Waals surface area contributed by atoms with E-state index in [1.165, 1.54) is 18.4 Å². The fraction of sp³-hybridized carbons (Fsp3) is 0.167. The van der Waals surface area contributed by atoms with Crippen LogP contribution in [0.4, 0.5) is 8.78 Å². The second kappa shape index (κ2) is 4.58. The molecule has 0 spiro atoms. The number of hydrogen-bond donors (Lipinski definition) is 1. The summed E-state index contributed by atoms with van der Waals surface area (Å²) < 4.78 is 32.7. The van der Waals surface area contributed by atoms with Gasteiger partial charge in [-0.1, -0.05) is 0 Å². The summed E-state index contributed by atoms with van der Waals surface area (Å²) in [6, 6.07) is 3.21. The van der Waals surface area contributed by atoms with Gasteiger partial charge in [-0.05, 0) is 41.1 Å². The first-order valence-corrected chi connectivity index (χ1v) is 5.74. The van der Waals surface area contributed by atoms with Crippen LogP contribution in [0.25, 0.3) is 0 Å². The molecule has 2 rings (SSSR count). The average molecular weight is 302 g/mol. The largest absolute Gasteiger partial charge is 0.469 e. The van der Waals surface area contributed by atoms with E-state index in [1.807, 2.05) is 0 Å². The van der Waals surface area contributed by atoms with Gasteiger partial charge in [0.2, 0.25) is 0 Å². The number of furan rings is 1. The van der Waals surface area contributed by atoms with Gasteiger partial charge in [0.1, 0.15) is 17.4 Å². The maximum Gasteiger partial charge on any atom is 0.145 e. The highest BCUT2D eigenvalue weighted by Gasteiger charge is 2.22. The van der Waals surface area contributed by atoms with E-state index < -0.39 is 17.7 Å². The Hall–Kier alpha value is -1.20. The van der Waals surface area contributed by atoms with E-state index in [0.29, 0.717) is 11.3 Å². The highest BCUT2D eigenvalue weighted by Crippen LogP contribution is 2.30. The van der Waals surface area contributed by atoms with Crippen LogP contribution >= 0.6 is 15.9 Å². The molecule has 0 aliphatic carbocycles. The first kappa shape index (κ1) is 12.3. The van der Waals surface area contributed by atoms with Crippen molar-refractivity contribution in [2.75, 3.05) is 0 Å². The van der Waals surface area contributed by atoms with Crippen LogP contribution in [0.1, 0.15) is 22.9 Å². The van der Waals surface area contributed by atoms with Gasteiger partial charge >= 0.3 is 0 Å². The van der Waals surface area contributed by atoms with Crippen molar-refractivity contribution in [2.24, 2.45) is 5.73 Å². The molecule has 1 aromatic heterocycles. The predicted molar refractivity (Wildman–Crippen MR) is 63.5 cm³/mol. The van der Waals surface area contributed by atoms with Gasteiger partial charge < -0.3 is 10.2 Å². The Morgan fingerprint density at radius 3 is 2.59 bits per heavy atom. The molecule has 0 fully saturated rings. The maximum atomic E-state index is 13.8. The Balaban J connectivity index is 2.55. The quantitative estimate of drug-likeness (QED) is 0.860. The monoisotopic (exact) mass is 301 g/mol. The molecule has 1 aromatic carbocycles. The van der Waals surface area contributed by atoms with Gasteiger partial charge in [-0.3, -0.25) is 0 Å². The number of aryl methyl sites for hydroxylation is 1. The van der Waals surface area contributed by atoms with E-state index >= 15 is 0 Å². The lowest BCUT2D eigenvalue weighted by molar-refractivity contribution is 0.517. The average Bonchev–Trinajstić information content (AvgIpc) is 2.70. The van der Waals surface area contributed by atoms with Gasteiger partial charge in [0.25, 0.3) is 0 Å². The standard InChI is InChI=1S/C12H10BrF2NO/c1-6-7(4-5-17-6)12(16)10-9(14)3-2-8(13)11(10)15/h2-5,12H,16H2,1H3. The highest BCUT2D eigenvalue weighted by atomic mass is 79.9. The van der Waals surface area contributed by atoms with Crippen LogP contribution in [-0.4, -0.2) is 0 Å². The normalized spacial score (nSPS) is 12.8. The van der Waals surface area contributed by atoms with Gasteiger partial charge in [0, 0.05) is 11.1 Å². The van der Waals surface area contributed by atoms with E-state index in [1.54, 1.807) is 13.0 Å². The van der Waals surface area contributed by atoms with E-state index in [9.17, 15) is 8.78 Å². The molecule has 2 aromatic rings. The van der Waals surface area contributed by atoms with Crippen LogP contribution in [0, 0.1) is 18.6 Å². The predicted octanol–water partition coefficient (Wildman–Crippen LogP) is 3.68. The zero-order chi connectivity index (χ0) is 12.6. The summed E-state index contributed by atoms with van der Waals surface area (Å²) in [4.78, 5) is 0. The molecule has 17 heavy (non-hydrogen) atoms. The highest BCUT2D eigenvalue weighted by molar-refractivity contribution is 9.10. The van der Waals surface area contributed by atoms with Crippen molar-refractivity contribution in [3.63, 3.8) is 0 Å². The lowest BCUT2D eigenvalue weighted by atomic mass is 9.99. The zero-order valence-corrected chi connectivity index (χ0v) is 10.6. The van der Waals surface area contributed by atoms with Crippen LogP contribution < -0.4 is 5.73 Å². The van der Waals surface area contributed by atoms with Crippen LogP contribution in [0.2, 0.25) is 0 Å². The third-order valence-electron chi connectivity index (χ3n) is 2.62. The van der Waals surface area contributed by atoms with Crippen LogP contribution in [0.5, 0.6) is 0 Å². The van der Waals surface area contributed by atoms with Crippen molar-refractivity contribution in [3.8, 4) is 0 Å². The van der Waals surface area contributed by atoms with Crippen molar-refractivity contribution in [1.29, 1.82) is 0 Å². The van der Waals surface area contributed by atoms with Gasteiger partial charge in [0.15, 0.2) is 0 Å².